The molecule has 0 amide bonds. The average molecular weight is 400 g/mol. The Hall–Kier alpha value is -4.06. The van der Waals surface area contributed by atoms with Crippen molar-refractivity contribution in [1.29, 1.82) is 0 Å². The highest BCUT2D eigenvalue weighted by atomic mass is 16.6. The molecule has 0 heterocycles. The van der Waals surface area contributed by atoms with Gasteiger partial charge < -0.3 is 0 Å². The number of hydrogen-bond acceptors (Lipinski definition) is 4. The van der Waals surface area contributed by atoms with Crippen molar-refractivity contribution in [2.24, 2.45) is 0 Å². The summed E-state index contributed by atoms with van der Waals surface area (Å²) < 4.78 is 0. The molecule has 0 saturated carbocycles. The summed E-state index contributed by atoms with van der Waals surface area (Å²) in [5.74, 6) is 0. The Morgan fingerprint density at radius 3 is 1.30 bits per heavy atom. The zero-order chi connectivity index (χ0) is 21.7. The van der Waals surface area contributed by atoms with Crippen molar-refractivity contribution >= 4 is 35.7 Å². The minimum absolute atomic E-state index is 0.301. The third kappa shape index (κ3) is 5.05. The molecule has 0 N–H and O–H groups in total. The number of nitrogens with zero attached hydrogens (tertiary/aromatic N) is 2. The van der Waals surface area contributed by atoms with Crippen molar-refractivity contribution in [3.63, 3.8) is 0 Å². The van der Waals surface area contributed by atoms with Gasteiger partial charge in [-0.1, -0.05) is 71.8 Å². The molecule has 0 saturated heterocycles. The van der Waals surface area contributed by atoms with E-state index in [0.717, 1.165) is 28.3 Å². The van der Waals surface area contributed by atoms with E-state index >= 15 is 0 Å². The lowest BCUT2D eigenvalue weighted by atomic mass is 10.0. The van der Waals surface area contributed by atoms with E-state index in [0.29, 0.717) is 11.1 Å². The maximum Gasteiger partial charge on any atom is 0.283 e. The summed E-state index contributed by atoms with van der Waals surface area (Å²) in [4.78, 5) is 21.8. The van der Waals surface area contributed by atoms with Gasteiger partial charge in [0.15, 0.2) is 0 Å². The van der Waals surface area contributed by atoms with Crippen molar-refractivity contribution in [2.45, 2.75) is 13.8 Å². The Morgan fingerprint density at radius 1 is 0.600 bits per heavy atom. The average Bonchev–Trinajstić information content (AvgIpc) is 2.72. The maximum absolute atomic E-state index is 11.5. The summed E-state index contributed by atoms with van der Waals surface area (Å²) in [6.07, 6.45) is 6.72. The smallest absolute Gasteiger partial charge is 0.258 e. The molecule has 0 aliphatic carbocycles. The number of aryl methyl sites for hydroxylation is 2. The molecule has 0 unspecified atom stereocenters. The molecule has 0 aliphatic rings. The summed E-state index contributed by atoms with van der Waals surface area (Å²) in [6.45, 7) is 3.95. The van der Waals surface area contributed by atoms with Crippen molar-refractivity contribution in [3.8, 4) is 0 Å². The van der Waals surface area contributed by atoms with Crippen molar-refractivity contribution < 1.29 is 9.85 Å². The van der Waals surface area contributed by atoms with Gasteiger partial charge in [-0.25, -0.2) is 0 Å². The van der Waals surface area contributed by atoms with Gasteiger partial charge in [0.2, 0.25) is 0 Å². The molecule has 0 atom stereocenters. The van der Waals surface area contributed by atoms with Crippen LogP contribution in [0.25, 0.3) is 24.3 Å². The van der Waals surface area contributed by atoms with Crippen molar-refractivity contribution in [1.82, 2.24) is 0 Å². The van der Waals surface area contributed by atoms with Crippen LogP contribution in [0.5, 0.6) is 0 Å². The lowest BCUT2D eigenvalue weighted by Gasteiger charge is -2.03. The second-order valence-electron chi connectivity index (χ2n) is 6.97. The predicted octanol–water partition coefficient (Wildman–Crippen LogP) is 6.46. The van der Waals surface area contributed by atoms with E-state index < -0.39 is 9.85 Å². The summed E-state index contributed by atoms with van der Waals surface area (Å²) >= 11 is 0. The van der Waals surface area contributed by atoms with Gasteiger partial charge >= 0.3 is 0 Å². The van der Waals surface area contributed by atoms with E-state index in [9.17, 15) is 20.2 Å². The van der Waals surface area contributed by atoms with Crippen LogP contribution < -0.4 is 0 Å². The van der Waals surface area contributed by atoms with Crippen LogP contribution in [0.1, 0.15) is 33.4 Å². The van der Waals surface area contributed by atoms with Gasteiger partial charge in [-0.15, -0.1) is 0 Å². The lowest BCUT2D eigenvalue weighted by Crippen LogP contribution is -1.98. The maximum atomic E-state index is 11.5. The summed E-state index contributed by atoms with van der Waals surface area (Å²) in [5, 5.41) is 23.0. The third-order valence-corrected chi connectivity index (χ3v) is 4.63. The molecule has 0 fully saturated rings. The zero-order valence-electron chi connectivity index (χ0n) is 16.6. The Bertz CT molecular complexity index is 1060. The largest absolute Gasteiger partial charge is 0.283 e. The van der Waals surface area contributed by atoms with Gasteiger partial charge in [0.05, 0.1) is 27.0 Å². The van der Waals surface area contributed by atoms with Gasteiger partial charge in [0.25, 0.3) is 11.4 Å². The molecule has 0 spiro atoms. The molecule has 3 aromatic carbocycles. The normalized spacial score (nSPS) is 11.3. The molecule has 0 aromatic heterocycles. The number of nitro groups is 2. The first-order chi connectivity index (χ1) is 14.3. The molecule has 150 valence electrons. The van der Waals surface area contributed by atoms with E-state index in [1.165, 1.54) is 6.07 Å². The fourth-order valence-corrected chi connectivity index (χ4v) is 2.92. The molecule has 3 aromatic rings. The van der Waals surface area contributed by atoms with E-state index in [4.69, 9.17) is 0 Å². The van der Waals surface area contributed by atoms with Crippen LogP contribution >= 0.6 is 0 Å². The molecule has 6 nitrogen and oxygen atoms in total. The first kappa shape index (κ1) is 20.7. The number of hydrogen-bond donors (Lipinski definition) is 0. The molecule has 3 rings (SSSR count). The SMILES string of the molecule is Cc1ccc(/C=C\c2cc(/C=C\c3ccc(C)cc3)c([N+](=O)[O-])cc2[N+](=O)[O-])cc1. The minimum atomic E-state index is -0.602. The zero-order valence-corrected chi connectivity index (χ0v) is 16.6. The van der Waals surface area contributed by atoms with E-state index in [-0.39, 0.29) is 11.4 Å². The Morgan fingerprint density at radius 2 is 0.967 bits per heavy atom. The predicted molar refractivity (Wildman–Crippen MR) is 120 cm³/mol. The van der Waals surface area contributed by atoms with Crippen LogP contribution in [0.2, 0.25) is 0 Å². The first-order valence-electron chi connectivity index (χ1n) is 9.30. The van der Waals surface area contributed by atoms with E-state index in [1.54, 1.807) is 24.3 Å². The third-order valence-electron chi connectivity index (χ3n) is 4.63. The number of nitro benzene ring substituents is 2. The molecule has 0 radical (unpaired) electrons. The summed E-state index contributed by atoms with van der Waals surface area (Å²) in [7, 11) is 0. The molecular formula is C24H20N2O4. The number of benzene rings is 3. The fourth-order valence-electron chi connectivity index (χ4n) is 2.92. The second kappa shape index (κ2) is 8.96. The van der Waals surface area contributed by atoms with Gasteiger partial charge in [-0.3, -0.25) is 20.2 Å². The van der Waals surface area contributed by atoms with Gasteiger partial charge in [-0.2, -0.15) is 0 Å². The Labute approximate surface area is 174 Å². The van der Waals surface area contributed by atoms with Gasteiger partial charge in [0.1, 0.15) is 0 Å². The molecular weight excluding hydrogens is 380 g/mol. The first-order valence-corrected chi connectivity index (χ1v) is 9.30. The lowest BCUT2D eigenvalue weighted by molar-refractivity contribution is -0.394. The van der Waals surface area contributed by atoms with Crippen LogP contribution in [0, 0.1) is 34.1 Å². The Balaban J connectivity index is 2.05. The monoisotopic (exact) mass is 400 g/mol. The van der Waals surface area contributed by atoms with Crippen LogP contribution in [0.4, 0.5) is 11.4 Å². The minimum Gasteiger partial charge on any atom is -0.258 e. The fraction of sp³-hybridized carbons (Fsp3) is 0.0833. The topological polar surface area (TPSA) is 86.3 Å². The van der Waals surface area contributed by atoms with Crippen LogP contribution in [0.3, 0.4) is 0 Å². The van der Waals surface area contributed by atoms with Crippen LogP contribution in [0.15, 0.2) is 60.7 Å². The molecule has 0 bridgehead atoms. The summed E-state index contributed by atoms with van der Waals surface area (Å²) in [5.41, 5.74) is 3.96. The van der Waals surface area contributed by atoms with Crippen molar-refractivity contribution in [2.75, 3.05) is 0 Å². The highest BCUT2D eigenvalue weighted by molar-refractivity contribution is 5.81. The van der Waals surface area contributed by atoms with Crippen LogP contribution in [-0.4, -0.2) is 9.85 Å². The summed E-state index contributed by atoms with van der Waals surface area (Å²) in [6, 6.07) is 17.9. The van der Waals surface area contributed by atoms with Gasteiger partial charge in [0, 0.05) is 0 Å². The molecule has 6 heteroatoms. The standard InChI is InChI=1S/C24H20N2O4/c1-17-3-7-19(8-4-17)11-13-21-15-22(14-12-20-9-5-18(2)6-10-20)24(26(29)30)16-23(21)25(27)28/h3-16H,1-2H3/b13-11-,14-12-. The number of rotatable bonds is 6. The van der Waals surface area contributed by atoms with Crippen molar-refractivity contribution in [3.05, 3.63) is 114 Å². The van der Waals surface area contributed by atoms with E-state index in [1.807, 2.05) is 62.4 Å². The molecule has 0 aliphatic heterocycles. The van der Waals surface area contributed by atoms with Gasteiger partial charge in [-0.05, 0) is 43.2 Å². The quantitative estimate of drug-likeness (QED) is 0.270. The van der Waals surface area contributed by atoms with E-state index in [2.05, 4.69) is 0 Å². The highest BCUT2D eigenvalue weighted by Crippen LogP contribution is 2.31. The Kier molecular flexibility index (Phi) is 6.17. The second-order valence-corrected chi connectivity index (χ2v) is 6.97. The molecule has 30 heavy (non-hydrogen) atoms. The van der Waals surface area contributed by atoms with Crippen LogP contribution in [-0.2, 0) is 0 Å². The highest BCUT2D eigenvalue weighted by Gasteiger charge is 2.22.